The summed E-state index contributed by atoms with van der Waals surface area (Å²) in [6, 6.07) is 37.3. The van der Waals surface area contributed by atoms with E-state index in [4.69, 9.17) is 0 Å². The van der Waals surface area contributed by atoms with Crippen molar-refractivity contribution >= 4 is 21.5 Å². The van der Waals surface area contributed by atoms with Crippen molar-refractivity contribution in [3.8, 4) is 44.9 Å². The molecule has 0 bridgehead atoms. The van der Waals surface area contributed by atoms with E-state index in [1.54, 1.807) is 24.3 Å². The van der Waals surface area contributed by atoms with Crippen LogP contribution in [0, 0.1) is 0 Å². The van der Waals surface area contributed by atoms with E-state index in [9.17, 15) is 10.2 Å². The zero-order valence-electron chi connectivity index (χ0n) is 22.5. The summed E-state index contributed by atoms with van der Waals surface area (Å²) in [5.74, 6) is 0.549. The lowest BCUT2D eigenvalue weighted by molar-refractivity contribution is -0.916. The van der Waals surface area contributed by atoms with E-state index in [0.717, 1.165) is 28.7 Å². The molecule has 0 aliphatic carbocycles. The van der Waals surface area contributed by atoms with E-state index in [1.165, 1.54) is 54.9 Å². The van der Waals surface area contributed by atoms with Gasteiger partial charge in [-0.15, -0.1) is 0 Å². The van der Waals surface area contributed by atoms with Gasteiger partial charge in [0.2, 0.25) is 0 Å². The van der Waals surface area contributed by atoms with E-state index >= 15 is 0 Å². The van der Waals surface area contributed by atoms with Gasteiger partial charge in [0.05, 0.1) is 14.1 Å². The molecule has 3 nitrogen and oxygen atoms in total. The minimum absolute atomic E-state index is 0. The molecule has 2 N–H and O–H groups in total. The lowest BCUT2D eigenvalue weighted by Gasteiger charge is -2.30. The highest BCUT2D eigenvalue weighted by atomic mass is 79.9. The van der Waals surface area contributed by atoms with E-state index in [0.29, 0.717) is 0 Å². The molecule has 40 heavy (non-hydrogen) atoms. The standard InChI is InChI=1S/C36H29NO2.BrH/c1-37(2)21-33-31(23-11-15-27(38)16-12-23)19-25-7-3-5-9-29(25)35(33)36-30-10-6-4-8-26(30)20-32(34(36)22-37)24-13-17-28(39)18-14-24;/h3-20H,21-22H2,1-2H3,(H-,38,39);1H. The fourth-order valence-electron chi connectivity index (χ4n) is 6.39. The van der Waals surface area contributed by atoms with Gasteiger partial charge < -0.3 is 31.7 Å². The largest absolute Gasteiger partial charge is 1.00 e. The van der Waals surface area contributed by atoms with E-state index in [1.807, 2.05) is 24.3 Å². The maximum Gasteiger partial charge on any atom is 0.115 e. The van der Waals surface area contributed by atoms with Crippen LogP contribution in [-0.2, 0) is 13.1 Å². The number of halogens is 1. The lowest BCUT2D eigenvalue weighted by Crippen LogP contribution is -3.00. The number of rotatable bonds is 2. The summed E-state index contributed by atoms with van der Waals surface area (Å²) in [6.45, 7) is 1.74. The second kappa shape index (κ2) is 9.81. The van der Waals surface area contributed by atoms with Gasteiger partial charge in [-0.3, -0.25) is 0 Å². The summed E-state index contributed by atoms with van der Waals surface area (Å²) in [7, 11) is 4.62. The van der Waals surface area contributed by atoms with Gasteiger partial charge in [0, 0.05) is 22.3 Å². The third-order valence-electron chi connectivity index (χ3n) is 8.09. The number of aromatic hydroxyl groups is 2. The van der Waals surface area contributed by atoms with Crippen LogP contribution in [0.15, 0.2) is 109 Å². The van der Waals surface area contributed by atoms with Crippen molar-refractivity contribution in [2.75, 3.05) is 14.1 Å². The molecule has 7 rings (SSSR count). The van der Waals surface area contributed by atoms with Gasteiger partial charge in [0.1, 0.15) is 24.6 Å². The highest BCUT2D eigenvalue weighted by Crippen LogP contribution is 2.49. The predicted molar refractivity (Wildman–Crippen MR) is 161 cm³/mol. The molecule has 0 fully saturated rings. The number of nitrogens with zero attached hydrogens (tertiary/aromatic N) is 1. The highest BCUT2D eigenvalue weighted by Gasteiger charge is 2.33. The third-order valence-corrected chi connectivity index (χ3v) is 8.09. The molecule has 0 radical (unpaired) electrons. The van der Waals surface area contributed by atoms with Crippen LogP contribution in [0.3, 0.4) is 0 Å². The number of benzene rings is 6. The second-order valence-corrected chi connectivity index (χ2v) is 11.3. The first kappa shape index (κ1) is 26.1. The van der Waals surface area contributed by atoms with E-state index in [-0.39, 0.29) is 28.5 Å². The summed E-state index contributed by atoms with van der Waals surface area (Å²) in [4.78, 5) is 0. The first-order valence-corrected chi connectivity index (χ1v) is 13.4. The molecule has 0 unspecified atom stereocenters. The monoisotopic (exact) mass is 587 g/mol. The van der Waals surface area contributed by atoms with Gasteiger partial charge >= 0.3 is 0 Å². The van der Waals surface area contributed by atoms with Gasteiger partial charge in [-0.25, -0.2) is 0 Å². The Morgan fingerprint density at radius 3 is 1.30 bits per heavy atom. The van der Waals surface area contributed by atoms with Gasteiger partial charge in [0.15, 0.2) is 0 Å². The molecule has 0 atom stereocenters. The minimum atomic E-state index is 0. The lowest BCUT2D eigenvalue weighted by atomic mass is 9.82. The number of quaternary nitrogens is 1. The first-order chi connectivity index (χ1) is 18.9. The van der Waals surface area contributed by atoms with Crippen LogP contribution in [0.4, 0.5) is 0 Å². The van der Waals surface area contributed by atoms with Gasteiger partial charge in [-0.1, -0.05) is 72.8 Å². The Kier molecular flexibility index (Phi) is 6.41. The zero-order valence-corrected chi connectivity index (χ0v) is 24.1. The molecule has 6 aromatic rings. The van der Waals surface area contributed by atoms with Crippen LogP contribution in [0.25, 0.3) is 54.9 Å². The van der Waals surface area contributed by atoms with Crippen LogP contribution in [0.1, 0.15) is 11.1 Å². The van der Waals surface area contributed by atoms with Gasteiger partial charge in [-0.2, -0.15) is 0 Å². The van der Waals surface area contributed by atoms with Crippen LogP contribution in [0.2, 0.25) is 0 Å². The molecular formula is C36H30BrNO2. The van der Waals surface area contributed by atoms with Crippen molar-refractivity contribution in [1.82, 2.24) is 0 Å². The summed E-state index contributed by atoms with van der Waals surface area (Å²) >= 11 is 0. The summed E-state index contributed by atoms with van der Waals surface area (Å²) in [5.41, 5.74) is 9.89. The molecule has 198 valence electrons. The second-order valence-electron chi connectivity index (χ2n) is 11.3. The van der Waals surface area contributed by atoms with Gasteiger partial charge in [0.25, 0.3) is 0 Å². The van der Waals surface area contributed by atoms with Crippen LogP contribution in [-0.4, -0.2) is 28.8 Å². The molecule has 0 saturated heterocycles. The van der Waals surface area contributed by atoms with Gasteiger partial charge in [-0.05, 0) is 80.2 Å². The Labute approximate surface area is 244 Å². The average Bonchev–Trinajstić information content (AvgIpc) is 3.06. The quantitative estimate of drug-likeness (QED) is 0.263. The van der Waals surface area contributed by atoms with E-state index < -0.39 is 0 Å². The van der Waals surface area contributed by atoms with Crippen LogP contribution in [0.5, 0.6) is 11.5 Å². The molecule has 6 aromatic carbocycles. The van der Waals surface area contributed by atoms with E-state index in [2.05, 4.69) is 74.8 Å². The SMILES string of the molecule is C[N+]1(C)Cc2c(-c3ccc(O)cc3)cc3ccccc3c2-c2c(c(-c3ccc(O)cc3)cc3ccccc23)C1.[Br-]. The molecule has 0 spiro atoms. The Hall–Kier alpha value is -4.12. The summed E-state index contributed by atoms with van der Waals surface area (Å²) < 4.78 is 0.798. The Morgan fingerprint density at radius 2 is 0.900 bits per heavy atom. The molecule has 4 heteroatoms. The smallest absolute Gasteiger partial charge is 0.115 e. The average molecular weight is 589 g/mol. The Bertz CT molecular complexity index is 1750. The maximum atomic E-state index is 10.0. The fourth-order valence-corrected chi connectivity index (χ4v) is 6.39. The number of phenols is 2. The van der Waals surface area contributed by atoms with Crippen molar-refractivity contribution in [3.63, 3.8) is 0 Å². The molecule has 1 aliphatic rings. The number of hydrogen-bond donors (Lipinski definition) is 2. The normalized spacial score (nSPS) is 13.8. The topological polar surface area (TPSA) is 40.5 Å². The summed E-state index contributed by atoms with van der Waals surface area (Å²) in [5, 5.41) is 25.0. The molecule has 0 saturated carbocycles. The van der Waals surface area contributed by atoms with Crippen molar-refractivity contribution in [2.45, 2.75) is 13.1 Å². The molecule has 1 aliphatic heterocycles. The third kappa shape index (κ3) is 4.34. The fraction of sp³-hybridized carbons (Fsp3) is 0.111. The number of phenolic OH excluding ortho intramolecular Hbond substituents is 2. The Balaban J connectivity index is 0.00000289. The van der Waals surface area contributed by atoms with Crippen LogP contribution >= 0.6 is 0 Å². The summed E-state index contributed by atoms with van der Waals surface area (Å²) in [6.07, 6.45) is 0. The molecule has 1 heterocycles. The predicted octanol–water partition coefficient (Wildman–Crippen LogP) is 5.50. The van der Waals surface area contributed by atoms with Crippen molar-refractivity contribution in [1.29, 1.82) is 0 Å². The molecule has 0 aromatic heterocycles. The number of hydrogen-bond acceptors (Lipinski definition) is 2. The van der Waals surface area contributed by atoms with Crippen molar-refractivity contribution in [2.24, 2.45) is 0 Å². The highest BCUT2D eigenvalue weighted by molar-refractivity contribution is 6.11. The minimum Gasteiger partial charge on any atom is -1.00 e. The van der Waals surface area contributed by atoms with Crippen LogP contribution < -0.4 is 17.0 Å². The van der Waals surface area contributed by atoms with Crippen molar-refractivity contribution in [3.05, 3.63) is 120 Å². The first-order valence-electron chi connectivity index (χ1n) is 13.4. The molecular weight excluding hydrogens is 558 g/mol. The van der Waals surface area contributed by atoms with Crippen molar-refractivity contribution < 1.29 is 31.7 Å². The Morgan fingerprint density at radius 1 is 0.525 bits per heavy atom. The number of fused-ring (bicyclic) bond motifs is 7. The maximum absolute atomic E-state index is 10.0. The zero-order chi connectivity index (χ0) is 26.7. The molecule has 0 amide bonds.